The lowest BCUT2D eigenvalue weighted by molar-refractivity contribution is 0.217. The van der Waals surface area contributed by atoms with Gasteiger partial charge in [0.2, 0.25) is 0 Å². The van der Waals surface area contributed by atoms with Crippen molar-refractivity contribution in [3.63, 3.8) is 0 Å². The standard InChI is InChI=1S/C13H20N2O/c1-2-6-11-12(9-16)14-15-13(11)10-7-4-3-5-8-10/h3-5,7-8,11-16H,2,6,9H2,1H3. The Labute approximate surface area is 96.8 Å². The quantitative estimate of drug-likeness (QED) is 0.722. The van der Waals surface area contributed by atoms with Crippen molar-refractivity contribution in [1.82, 2.24) is 10.9 Å². The molecule has 3 unspecified atom stereocenters. The molecule has 3 heteroatoms. The summed E-state index contributed by atoms with van der Waals surface area (Å²) in [5.41, 5.74) is 7.78. The second kappa shape index (κ2) is 5.43. The third-order valence-corrected chi connectivity index (χ3v) is 3.35. The fourth-order valence-electron chi connectivity index (χ4n) is 2.52. The Hall–Kier alpha value is -0.900. The third-order valence-electron chi connectivity index (χ3n) is 3.35. The van der Waals surface area contributed by atoms with Crippen LogP contribution >= 0.6 is 0 Å². The first-order valence-electron chi connectivity index (χ1n) is 6.03. The molecule has 0 aromatic heterocycles. The van der Waals surface area contributed by atoms with Crippen LogP contribution in [0.1, 0.15) is 31.4 Å². The number of hydrazine groups is 1. The highest BCUT2D eigenvalue weighted by Crippen LogP contribution is 2.31. The molecular weight excluding hydrogens is 200 g/mol. The van der Waals surface area contributed by atoms with Crippen LogP contribution in [0, 0.1) is 5.92 Å². The fourth-order valence-corrected chi connectivity index (χ4v) is 2.52. The normalized spacial score (nSPS) is 29.5. The molecule has 16 heavy (non-hydrogen) atoms. The molecule has 3 N–H and O–H groups in total. The molecule has 88 valence electrons. The van der Waals surface area contributed by atoms with Crippen LogP contribution in [0.15, 0.2) is 30.3 Å². The zero-order chi connectivity index (χ0) is 11.4. The molecule has 1 heterocycles. The van der Waals surface area contributed by atoms with E-state index in [4.69, 9.17) is 0 Å². The van der Waals surface area contributed by atoms with Crippen molar-refractivity contribution < 1.29 is 5.11 Å². The minimum Gasteiger partial charge on any atom is -0.395 e. The van der Waals surface area contributed by atoms with Crippen LogP contribution in [-0.2, 0) is 0 Å². The number of aliphatic hydroxyl groups is 1. The van der Waals surface area contributed by atoms with Crippen LogP contribution in [0.3, 0.4) is 0 Å². The van der Waals surface area contributed by atoms with Crippen LogP contribution in [0.2, 0.25) is 0 Å². The Morgan fingerprint density at radius 2 is 1.94 bits per heavy atom. The van der Waals surface area contributed by atoms with Gasteiger partial charge >= 0.3 is 0 Å². The predicted octanol–water partition coefficient (Wildman–Crippen LogP) is 1.61. The van der Waals surface area contributed by atoms with Crippen LogP contribution < -0.4 is 10.9 Å². The van der Waals surface area contributed by atoms with E-state index in [2.05, 4.69) is 42.0 Å². The summed E-state index contributed by atoms with van der Waals surface area (Å²) in [4.78, 5) is 0. The van der Waals surface area contributed by atoms with Gasteiger partial charge in [0.05, 0.1) is 12.6 Å². The lowest BCUT2D eigenvalue weighted by Gasteiger charge is -2.21. The van der Waals surface area contributed by atoms with Gasteiger partial charge in [-0.2, -0.15) is 0 Å². The number of hydrogen-bond acceptors (Lipinski definition) is 3. The largest absolute Gasteiger partial charge is 0.395 e. The van der Waals surface area contributed by atoms with Crippen molar-refractivity contribution in [3.05, 3.63) is 35.9 Å². The first-order chi connectivity index (χ1) is 7.86. The SMILES string of the molecule is CCCC1C(CO)NNC1c1ccccc1. The van der Waals surface area contributed by atoms with Gasteiger partial charge in [0.1, 0.15) is 0 Å². The predicted molar refractivity (Wildman–Crippen MR) is 64.7 cm³/mol. The van der Waals surface area contributed by atoms with Crippen molar-refractivity contribution in [1.29, 1.82) is 0 Å². The monoisotopic (exact) mass is 220 g/mol. The third kappa shape index (κ3) is 2.26. The molecule has 0 spiro atoms. The van der Waals surface area contributed by atoms with Gasteiger partial charge in [-0.05, 0) is 17.9 Å². The Bertz CT molecular complexity index is 315. The molecule has 1 aliphatic rings. The lowest BCUT2D eigenvalue weighted by atomic mass is 9.86. The van der Waals surface area contributed by atoms with Crippen LogP contribution in [-0.4, -0.2) is 17.8 Å². The van der Waals surface area contributed by atoms with Crippen molar-refractivity contribution in [2.24, 2.45) is 5.92 Å². The Morgan fingerprint density at radius 3 is 2.56 bits per heavy atom. The first-order valence-corrected chi connectivity index (χ1v) is 6.03. The maximum absolute atomic E-state index is 9.33. The van der Waals surface area contributed by atoms with E-state index in [1.807, 2.05) is 6.07 Å². The number of aliphatic hydroxyl groups excluding tert-OH is 1. The number of hydrogen-bond donors (Lipinski definition) is 3. The molecule has 0 aliphatic carbocycles. The first kappa shape index (κ1) is 11.6. The minimum absolute atomic E-state index is 0.171. The van der Waals surface area contributed by atoms with E-state index < -0.39 is 0 Å². The van der Waals surface area contributed by atoms with E-state index in [0.717, 1.165) is 12.8 Å². The molecule has 0 radical (unpaired) electrons. The average Bonchev–Trinajstić information content (AvgIpc) is 2.74. The molecule has 0 amide bonds. The fraction of sp³-hybridized carbons (Fsp3) is 0.538. The molecule has 1 aliphatic heterocycles. The summed E-state index contributed by atoms with van der Waals surface area (Å²) in [5.74, 6) is 0.470. The topological polar surface area (TPSA) is 44.3 Å². The van der Waals surface area contributed by atoms with Crippen molar-refractivity contribution in [3.8, 4) is 0 Å². The van der Waals surface area contributed by atoms with E-state index in [9.17, 15) is 5.11 Å². The summed E-state index contributed by atoms with van der Waals surface area (Å²) in [5, 5.41) is 9.33. The number of rotatable bonds is 4. The van der Waals surface area contributed by atoms with Gasteiger partial charge in [0, 0.05) is 6.04 Å². The van der Waals surface area contributed by atoms with Crippen LogP contribution in [0.25, 0.3) is 0 Å². The molecule has 1 fully saturated rings. The Kier molecular flexibility index (Phi) is 3.93. The molecule has 3 nitrogen and oxygen atoms in total. The maximum atomic E-state index is 9.33. The van der Waals surface area contributed by atoms with Gasteiger partial charge < -0.3 is 5.11 Å². The molecule has 1 aromatic carbocycles. The summed E-state index contributed by atoms with van der Waals surface area (Å²) in [6.07, 6.45) is 2.28. The van der Waals surface area contributed by atoms with E-state index in [0.29, 0.717) is 12.0 Å². The van der Waals surface area contributed by atoms with Crippen molar-refractivity contribution in [2.75, 3.05) is 6.61 Å². The molecule has 0 bridgehead atoms. The summed E-state index contributed by atoms with van der Waals surface area (Å²) >= 11 is 0. The minimum atomic E-state index is 0.171. The highest BCUT2D eigenvalue weighted by molar-refractivity contribution is 5.21. The molecule has 3 atom stereocenters. The highest BCUT2D eigenvalue weighted by Gasteiger charge is 2.35. The van der Waals surface area contributed by atoms with Gasteiger partial charge in [-0.3, -0.25) is 5.43 Å². The summed E-state index contributed by atoms with van der Waals surface area (Å²) in [6.45, 7) is 2.38. The lowest BCUT2D eigenvalue weighted by Crippen LogP contribution is -2.34. The molecule has 0 saturated carbocycles. The highest BCUT2D eigenvalue weighted by atomic mass is 16.3. The Balaban J connectivity index is 2.15. The van der Waals surface area contributed by atoms with Gasteiger partial charge in [-0.15, -0.1) is 0 Å². The summed E-state index contributed by atoms with van der Waals surface area (Å²) in [6, 6.07) is 10.9. The van der Waals surface area contributed by atoms with Crippen molar-refractivity contribution in [2.45, 2.75) is 31.8 Å². The zero-order valence-corrected chi connectivity index (χ0v) is 9.69. The average molecular weight is 220 g/mol. The van der Waals surface area contributed by atoms with E-state index in [1.54, 1.807) is 0 Å². The number of benzene rings is 1. The van der Waals surface area contributed by atoms with Gasteiger partial charge in [0.15, 0.2) is 0 Å². The molecule has 2 rings (SSSR count). The van der Waals surface area contributed by atoms with E-state index in [-0.39, 0.29) is 12.6 Å². The van der Waals surface area contributed by atoms with Crippen LogP contribution in [0.5, 0.6) is 0 Å². The maximum Gasteiger partial charge on any atom is 0.0601 e. The molecule has 1 saturated heterocycles. The van der Waals surface area contributed by atoms with Gasteiger partial charge in [-0.1, -0.05) is 43.7 Å². The second-order valence-corrected chi connectivity index (χ2v) is 4.42. The van der Waals surface area contributed by atoms with E-state index >= 15 is 0 Å². The second-order valence-electron chi connectivity index (χ2n) is 4.42. The molecular formula is C13H20N2O. The smallest absolute Gasteiger partial charge is 0.0601 e. The van der Waals surface area contributed by atoms with Crippen LogP contribution in [0.4, 0.5) is 0 Å². The van der Waals surface area contributed by atoms with Crippen molar-refractivity contribution >= 4 is 0 Å². The summed E-state index contributed by atoms with van der Waals surface area (Å²) < 4.78 is 0. The summed E-state index contributed by atoms with van der Waals surface area (Å²) in [7, 11) is 0. The van der Waals surface area contributed by atoms with Gasteiger partial charge in [-0.25, -0.2) is 5.43 Å². The Morgan fingerprint density at radius 1 is 1.19 bits per heavy atom. The van der Waals surface area contributed by atoms with Gasteiger partial charge in [0.25, 0.3) is 0 Å². The zero-order valence-electron chi connectivity index (χ0n) is 9.69. The molecule has 1 aromatic rings. The number of nitrogens with one attached hydrogen (secondary N) is 2. The van der Waals surface area contributed by atoms with E-state index in [1.165, 1.54) is 5.56 Å².